The molecule has 0 spiro atoms. The fraction of sp³-hybridized carbons (Fsp3) is 0.440. The van der Waals surface area contributed by atoms with E-state index in [0.717, 1.165) is 29.0 Å². The zero-order valence-corrected chi connectivity index (χ0v) is 18.8. The van der Waals surface area contributed by atoms with Crippen LogP contribution in [0.1, 0.15) is 30.9 Å². The van der Waals surface area contributed by atoms with E-state index in [9.17, 15) is 9.59 Å². The molecule has 3 heterocycles. The highest BCUT2D eigenvalue weighted by molar-refractivity contribution is 5.83. The van der Waals surface area contributed by atoms with Crippen LogP contribution < -0.4 is 24.8 Å². The van der Waals surface area contributed by atoms with Gasteiger partial charge in [-0.3, -0.25) is 4.79 Å². The standard InChI is InChI=1S/C25H29N3O5/c1-25(23(29)26-14-17-6-7-21-22(12-17)33-16-32-21)8-10-28(11-9-25)24(30)27-19-13-18-4-2-3-5-20(18)31-15-19/h2-7,12,19H,8-11,13-16H2,1H3,(H,26,29)(H,27,30). The number of rotatable bonds is 4. The van der Waals surface area contributed by atoms with Crippen LogP contribution in [0.25, 0.3) is 0 Å². The summed E-state index contributed by atoms with van der Waals surface area (Å²) < 4.78 is 16.5. The second-order valence-corrected chi connectivity index (χ2v) is 9.19. The lowest BCUT2D eigenvalue weighted by Crippen LogP contribution is -2.54. The molecule has 2 aromatic carbocycles. The highest BCUT2D eigenvalue weighted by atomic mass is 16.7. The second kappa shape index (κ2) is 8.84. The minimum atomic E-state index is -0.500. The lowest BCUT2D eigenvalue weighted by atomic mass is 9.79. The number of hydrogen-bond acceptors (Lipinski definition) is 5. The van der Waals surface area contributed by atoms with Crippen LogP contribution in [0.15, 0.2) is 42.5 Å². The molecule has 3 amide bonds. The van der Waals surface area contributed by atoms with Crippen LogP contribution >= 0.6 is 0 Å². The third kappa shape index (κ3) is 4.55. The number of nitrogens with zero attached hydrogens (tertiary/aromatic N) is 1. The SMILES string of the molecule is CC1(C(=O)NCc2ccc3c(c2)OCO3)CCN(C(=O)NC2COc3ccccc3C2)CC1. The van der Waals surface area contributed by atoms with Gasteiger partial charge in [0.1, 0.15) is 12.4 Å². The van der Waals surface area contributed by atoms with Gasteiger partial charge in [0, 0.05) is 25.0 Å². The van der Waals surface area contributed by atoms with Crippen LogP contribution in [0.3, 0.4) is 0 Å². The maximum atomic E-state index is 12.9. The molecule has 8 nitrogen and oxygen atoms in total. The zero-order chi connectivity index (χ0) is 22.8. The van der Waals surface area contributed by atoms with E-state index in [1.165, 1.54) is 0 Å². The van der Waals surface area contributed by atoms with E-state index in [0.29, 0.717) is 44.8 Å². The van der Waals surface area contributed by atoms with Gasteiger partial charge in [0.2, 0.25) is 12.7 Å². The molecule has 1 saturated heterocycles. The van der Waals surface area contributed by atoms with Crippen molar-refractivity contribution in [2.24, 2.45) is 5.41 Å². The topological polar surface area (TPSA) is 89.1 Å². The van der Waals surface area contributed by atoms with Crippen LogP contribution in [0, 0.1) is 5.41 Å². The van der Waals surface area contributed by atoms with Crippen molar-refractivity contribution in [3.8, 4) is 17.2 Å². The Kier molecular flexibility index (Phi) is 5.74. The first-order valence-corrected chi connectivity index (χ1v) is 11.4. The van der Waals surface area contributed by atoms with Gasteiger partial charge in [-0.25, -0.2) is 4.79 Å². The molecule has 2 aromatic rings. The minimum absolute atomic E-state index is 0.0116. The normalized spacial score (nSPS) is 20.4. The third-order valence-electron chi connectivity index (χ3n) is 6.80. The van der Waals surface area contributed by atoms with Gasteiger partial charge in [-0.05, 0) is 48.6 Å². The highest BCUT2D eigenvalue weighted by Gasteiger charge is 2.38. The smallest absolute Gasteiger partial charge is 0.317 e. The number of ether oxygens (including phenoxy) is 3. The quantitative estimate of drug-likeness (QED) is 0.746. The summed E-state index contributed by atoms with van der Waals surface area (Å²) in [6.07, 6.45) is 2.00. The number of para-hydroxylation sites is 1. The number of hydrogen-bond donors (Lipinski definition) is 2. The summed E-state index contributed by atoms with van der Waals surface area (Å²) in [5.74, 6) is 2.34. The largest absolute Gasteiger partial charge is 0.491 e. The Balaban J connectivity index is 1.10. The van der Waals surface area contributed by atoms with Gasteiger partial charge < -0.3 is 29.7 Å². The molecule has 0 bridgehead atoms. The minimum Gasteiger partial charge on any atom is -0.491 e. The number of benzene rings is 2. The van der Waals surface area contributed by atoms with E-state index in [4.69, 9.17) is 14.2 Å². The summed E-state index contributed by atoms with van der Waals surface area (Å²) >= 11 is 0. The first-order chi connectivity index (χ1) is 16.0. The second-order valence-electron chi connectivity index (χ2n) is 9.19. The van der Waals surface area contributed by atoms with Crippen molar-refractivity contribution in [1.29, 1.82) is 0 Å². The maximum absolute atomic E-state index is 12.9. The molecule has 2 N–H and O–H groups in total. The lowest BCUT2D eigenvalue weighted by Gasteiger charge is -2.39. The number of piperidine rings is 1. The summed E-state index contributed by atoms with van der Waals surface area (Å²) in [5, 5.41) is 6.14. The molecule has 8 heteroatoms. The lowest BCUT2D eigenvalue weighted by molar-refractivity contribution is -0.132. The van der Waals surface area contributed by atoms with Gasteiger partial charge in [-0.15, -0.1) is 0 Å². The van der Waals surface area contributed by atoms with E-state index in [-0.39, 0.29) is 24.8 Å². The molecular formula is C25H29N3O5. The molecule has 1 unspecified atom stereocenters. The Morgan fingerprint density at radius 1 is 1.03 bits per heavy atom. The Labute approximate surface area is 193 Å². The van der Waals surface area contributed by atoms with Gasteiger partial charge in [-0.1, -0.05) is 31.2 Å². The summed E-state index contributed by atoms with van der Waals surface area (Å²) in [5.41, 5.74) is 1.57. The van der Waals surface area contributed by atoms with Gasteiger partial charge in [0.05, 0.1) is 6.04 Å². The molecular weight excluding hydrogens is 422 g/mol. The summed E-state index contributed by atoms with van der Waals surface area (Å²) in [6.45, 7) is 4.19. The maximum Gasteiger partial charge on any atom is 0.317 e. The van der Waals surface area contributed by atoms with E-state index in [1.54, 1.807) is 4.90 Å². The van der Waals surface area contributed by atoms with Crippen molar-refractivity contribution in [2.75, 3.05) is 26.5 Å². The van der Waals surface area contributed by atoms with Crippen LogP contribution in [0.2, 0.25) is 0 Å². The van der Waals surface area contributed by atoms with Crippen molar-refractivity contribution >= 4 is 11.9 Å². The predicted octanol–water partition coefficient (Wildman–Crippen LogP) is 2.85. The molecule has 0 aliphatic carbocycles. The van der Waals surface area contributed by atoms with Crippen molar-refractivity contribution in [2.45, 2.75) is 38.8 Å². The van der Waals surface area contributed by atoms with Crippen LogP contribution in [-0.2, 0) is 17.8 Å². The first kappa shape index (κ1) is 21.4. The number of carbonyl (C=O) groups is 2. The Bertz CT molecular complexity index is 1050. The van der Waals surface area contributed by atoms with Crippen molar-refractivity contribution in [3.63, 3.8) is 0 Å². The predicted molar refractivity (Wildman–Crippen MR) is 121 cm³/mol. The number of amides is 3. The molecule has 1 fully saturated rings. The molecule has 3 aliphatic heterocycles. The van der Waals surface area contributed by atoms with Crippen molar-refractivity contribution in [3.05, 3.63) is 53.6 Å². The molecule has 174 valence electrons. The van der Waals surface area contributed by atoms with Crippen LogP contribution in [-0.4, -0.2) is 49.4 Å². The molecule has 0 aromatic heterocycles. The van der Waals surface area contributed by atoms with E-state index >= 15 is 0 Å². The summed E-state index contributed by atoms with van der Waals surface area (Å²) in [7, 11) is 0. The molecule has 0 radical (unpaired) electrons. The van der Waals surface area contributed by atoms with Crippen molar-refractivity contribution < 1.29 is 23.8 Å². The fourth-order valence-corrected chi connectivity index (χ4v) is 4.56. The van der Waals surface area contributed by atoms with Crippen LogP contribution in [0.5, 0.6) is 17.2 Å². The first-order valence-electron chi connectivity index (χ1n) is 11.4. The average Bonchev–Trinajstić information content (AvgIpc) is 3.31. The molecule has 1 atom stereocenters. The fourth-order valence-electron chi connectivity index (χ4n) is 4.56. The van der Waals surface area contributed by atoms with Gasteiger partial charge >= 0.3 is 6.03 Å². The number of likely N-dealkylation sites (tertiary alicyclic amines) is 1. The molecule has 0 saturated carbocycles. The van der Waals surface area contributed by atoms with E-state index in [2.05, 4.69) is 10.6 Å². The van der Waals surface area contributed by atoms with Gasteiger partial charge in [0.15, 0.2) is 11.5 Å². The van der Waals surface area contributed by atoms with Gasteiger partial charge in [-0.2, -0.15) is 0 Å². The Morgan fingerprint density at radius 2 is 1.82 bits per heavy atom. The summed E-state index contributed by atoms with van der Waals surface area (Å²) in [4.78, 5) is 27.5. The zero-order valence-electron chi connectivity index (χ0n) is 18.8. The number of fused-ring (bicyclic) bond motifs is 2. The van der Waals surface area contributed by atoms with E-state index in [1.807, 2.05) is 49.4 Å². The average molecular weight is 452 g/mol. The van der Waals surface area contributed by atoms with Gasteiger partial charge in [0.25, 0.3) is 0 Å². The molecule has 5 rings (SSSR count). The number of nitrogens with one attached hydrogen (secondary N) is 2. The molecule has 33 heavy (non-hydrogen) atoms. The third-order valence-corrected chi connectivity index (χ3v) is 6.80. The highest BCUT2D eigenvalue weighted by Crippen LogP contribution is 2.34. The Morgan fingerprint density at radius 3 is 2.67 bits per heavy atom. The van der Waals surface area contributed by atoms with Crippen molar-refractivity contribution in [1.82, 2.24) is 15.5 Å². The molecule has 3 aliphatic rings. The number of urea groups is 1. The van der Waals surface area contributed by atoms with Crippen LogP contribution in [0.4, 0.5) is 4.79 Å². The Hall–Kier alpha value is -3.42. The monoisotopic (exact) mass is 451 g/mol. The number of carbonyl (C=O) groups excluding carboxylic acids is 2. The van der Waals surface area contributed by atoms with E-state index < -0.39 is 5.41 Å². The summed E-state index contributed by atoms with van der Waals surface area (Å²) in [6, 6.07) is 13.5.